The van der Waals surface area contributed by atoms with Crippen LogP contribution in [0.2, 0.25) is 0 Å². The van der Waals surface area contributed by atoms with Gasteiger partial charge in [0.25, 0.3) is 0 Å². The van der Waals surface area contributed by atoms with Crippen LogP contribution in [-0.4, -0.2) is 22.0 Å². The first kappa shape index (κ1) is 12.4. The van der Waals surface area contributed by atoms with Gasteiger partial charge in [-0.1, -0.05) is 30.3 Å². The van der Waals surface area contributed by atoms with Gasteiger partial charge in [-0.25, -0.2) is 9.78 Å². The van der Waals surface area contributed by atoms with Crippen molar-refractivity contribution >= 4 is 5.97 Å². The monoisotopic (exact) mass is 244 g/mol. The standard InChI is InChI=1S/C14H16N2O2/c1-9(2)18-14(17)12-10(3)15-13(16-12)11-7-5-4-6-8-11/h4-9H,1-3H3,(H,15,16). The number of nitrogens with one attached hydrogen (secondary N) is 1. The number of hydrogen-bond acceptors (Lipinski definition) is 3. The molecule has 0 bridgehead atoms. The van der Waals surface area contributed by atoms with Crippen LogP contribution in [0.3, 0.4) is 0 Å². The Morgan fingerprint density at radius 2 is 1.94 bits per heavy atom. The van der Waals surface area contributed by atoms with E-state index in [-0.39, 0.29) is 12.1 Å². The van der Waals surface area contributed by atoms with Gasteiger partial charge in [-0.3, -0.25) is 0 Å². The second kappa shape index (κ2) is 5.04. The van der Waals surface area contributed by atoms with Gasteiger partial charge in [0, 0.05) is 11.3 Å². The summed E-state index contributed by atoms with van der Waals surface area (Å²) < 4.78 is 5.14. The Kier molecular flexibility index (Phi) is 3.46. The van der Waals surface area contributed by atoms with Crippen LogP contribution in [-0.2, 0) is 4.74 Å². The van der Waals surface area contributed by atoms with Crippen LogP contribution in [0.5, 0.6) is 0 Å². The Hall–Kier alpha value is -2.10. The first-order valence-electron chi connectivity index (χ1n) is 5.91. The molecule has 0 amide bonds. The average molecular weight is 244 g/mol. The van der Waals surface area contributed by atoms with Crippen LogP contribution in [0.15, 0.2) is 30.3 Å². The Labute approximate surface area is 106 Å². The van der Waals surface area contributed by atoms with E-state index < -0.39 is 0 Å². The van der Waals surface area contributed by atoms with E-state index in [1.807, 2.05) is 51.1 Å². The summed E-state index contributed by atoms with van der Waals surface area (Å²) >= 11 is 0. The Balaban J connectivity index is 2.30. The number of imidazole rings is 1. The number of ether oxygens (including phenoxy) is 1. The highest BCUT2D eigenvalue weighted by atomic mass is 16.5. The summed E-state index contributed by atoms with van der Waals surface area (Å²) in [4.78, 5) is 19.2. The van der Waals surface area contributed by atoms with E-state index in [1.165, 1.54) is 0 Å². The minimum absolute atomic E-state index is 0.145. The lowest BCUT2D eigenvalue weighted by atomic mass is 10.2. The van der Waals surface area contributed by atoms with Crippen molar-refractivity contribution in [3.05, 3.63) is 41.7 Å². The highest BCUT2D eigenvalue weighted by molar-refractivity contribution is 5.89. The van der Waals surface area contributed by atoms with Crippen molar-refractivity contribution in [2.24, 2.45) is 0 Å². The molecule has 2 rings (SSSR count). The molecule has 0 unspecified atom stereocenters. The number of aryl methyl sites for hydroxylation is 1. The number of carbonyl (C=O) groups excluding carboxylic acids is 1. The SMILES string of the molecule is Cc1[nH]c(-c2ccccc2)nc1C(=O)OC(C)C. The Bertz CT molecular complexity index is 544. The number of nitrogens with zero attached hydrogens (tertiary/aromatic N) is 1. The zero-order valence-corrected chi connectivity index (χ0v) is 10.7. The van der Waals surface area contributed by atoms with E-state index in [0.717, 1.165) is 11.3 Å². The van der Waals surface area contributed by atoms with Crippen molar-refractivity contribution < 1.29 is 9.53 Å². The second-order valence-electron chi connectivity index (χ2n) is 4.38. The number of rotatable bonds is 3. The lowest BCUT2D eigenvalue weighted by Gasteiger charge is -2.05. The molecule has 1 aromatic carbocycles. The van der Waals surface area contributed by atoms with E-state index in [0.29, 0.717) is 11.5 Å². The number of benzene rings is 1. The number of carbonyl (C=O) groups is 1. The van der Waals surface area contributed by atoms with E-state index in [2.05, 4.69) is 9.97 Å². The maximum absolute atomic E-state index is 11.8. The molecule has 94 valence electrons. The van der Waals surface area contributed by atoms with Crippen molar-refractivity contribution in [3.63, 3.8) is 0 Å². The molecule has 0 saturated heterocycles. The van der Waals surface area contributed by atoms with Crippen LogP contribution in [0.4, 0.5) is 0 Å². The molecule has 0 aliphatic heterocycles. The fraction of sp³-hybridized carbons (Fsp3) is 0.286. The van der Waals surface area contributed by atoms with Crippen LogP contribution in [0, 0.1) is 6.92 Å². The van der Waals surface area contributed by atoms with Crippen LogP contribution in [0.25, 0.3) is 11.4 Å². The minimum Gasteiger partial charge on any atom is -0.458 e. The van der Waals surface area contributed by atoms with Gasteiger partial charge in [0.05, 0.1) is 6.10 Å². The van der Waals surface area contributed by atoms with Gasteiger partial charge in [-0.05, 0) is 20.8 Å². The summed E-state index contributed by atoms with van der Waals surface area (Å²) in [6.07, 6.45) is -0.145. The highest BCUT2D eigenvalue weighted by Gasteiger charge is 2.17. The zero-order chi connectivity index (χ0) is 13.1. The van der Waals surface area contributed by atoms with Gasteiger partial charge in [0.1, 0.15) is 5.82 Å². The van der Waals surface area contributed by atoms with Gasteiger partial charge in [0.15, 0.2) is 5.69 Å². The number of hydrogen-bond donors (Lipinski definition) is 1. The van der Waals surface area contributed by atoms with Crippen molar-refractivity contribution in [3.8, 4) is 11.4 Å². The summed E-state index contributed by atoms with van der Waals surface area (Å²) in [5.41, 5.74) is 2.02. The van der Waals surface area contributed by atoms with E-state index in [4.69, 9.17) is 4.74 Å². The first-order chi connectivity index (χ1) is 8.58. The molecule has 0 atom stereocenters. The molecular weight excluding hydrogens is 228 g/mol. The second-order valence-corrected chi connectivity index (χ2v) is 4.38. The van der Waals surface area contributed by atoms with Gasteiger partial charge in [-0.15, -0.1) is 0 Å². The fourth-order valence-electron chi connectivity index (χ4n) is 1.66. The molecule has 18 heavy (non-hydrogen) atoms. The summed E-state index contributed by atoms with van der Waals surface area (Å²) in [5, 5.41) is 0. The smallest absolute Gasteiger partial charge is 0.359 e. The third kappa shape index (κ3) is 2.59. The van der Waals surface area contributed by atoms with Gasteiger partial charge < -0.3 is 9.72 Å². The number of aromatic amines is 1. The molecule has 0 radical (unpaired) electrons. The molecule has 1 aromatic heterocycles. The molecule has 2 aromatic rings. The average Bonchev–Trinajstić information content (AvgIpc) is 2.72. The number of H-pyrrole nitrogens is 1. The molecule has 0 aliphatic carbocycles. The minimum atomic E-state index is -0.388. The van der Waals surface area contributed by atoms with Gasteiger partial charge in [-0.2, -0.15) is 0 Å². The van der Waals surface area contributed by atoms with E-state index in [9.17, 15) is 4.79 Å². The molecule has 1 heterocycles. The van der Waals surface area contributed by atoms with Crippen LogP contribution < -0.4 is 0 Å². The van der Waals surface area contributed by atoms with Crippen LogP contribution >= 0.6 is 0 Å². The predicted molar refractivity (Wildman–Crippen MR) is 69.3 cm³/mol. The number of esters is 1. The zero-order valence-electron chi connectivity index (χ0n) is 10.7. The van der Waals surface area contributed by atoms with E-state index >= 15 is 0 Å². The maximum atomic E-state index is 11.8. The Morgan fingerprint density at radius 1 is 1.28 bits per heavy atom. The molecule has 4 nitrogen and oxygen atoms in total. The molecule has 0 saturated carbocycles. The third-order valence-electron chi connectivity index (χ3n) is 2.47. The summed E-state index contributed by atoms with van der Waals surface area (Å²) in [5.74, 6) is 0.296. The van der Waals surface area contributed by atoms with Crippen molar-refractivity contribution in [1.29, 1.82) is 0 Å². The first-order valence-corrected chi connectivity index (χ1v) is 5.91. The van der Waals surface area contributed by atoms with E-state index in [1.54, 1.807) is 0 Å². The maximum Gasteiger partial charge on any atom is 0.359 e. The molecule has 0 fully saturated rings. The van der Waals surface area contributed by atoms with Crippen molar-refractivity contribution in [1.82, 2.24) is 9.97 Å². The highest BCUT2D eigenvalue weighted by Crippen LogP contribution is 2.18. The molecular formula is C14H16N2O2. The largest absolute Gasteiger partial charge is 0.458 e. The van der Waals surface area contributed by atoms with Crippen molar-refractivity contribution in [2.45, 2.75) is 26.9 Å². The van der Waals surface area contributed by atoms with Crippen molar-refractivity contribution in [2.75, 3.05) is 0 Å². The molecule has 0 spiro atoms. The predicted octanol–water partition coefficient (Wildman–Crippen LogP) is 2.95. The third-order valence-corrected chi connectivity index (χ3v) is 2.47. The quantitative estimate of drug-likeness (QED) is 0.844. The normalized spacial score (nSPS) is 10.7. The van der Waals surface area contributed by atoms with Gasteiger partial charge >= 0.3 is 5.97 Å². The summed E-state index contributed by atoms with van der Waals surface area (Å²) in [6.45, 7) is 5.45. The van der Waals surface area contributed by atoms with Gasteiger partial charge in [0.2, 0.25) is 0 Å². The topological polar surface area (TPSA) is 55.0 Å². The number of aromatic nitrogens is 2. The summed E-state index contributed by atoms with van der Waals surface area (Å²) in [6, 6.07) is 9.68. The van der Waals surface area contributed by atoms with Crippen LogP contribution in [0.1, 0.15) is 30.0 Å². The lowest BCUT2D eigenvalue weighted by molar-refractivity contribution is 0.0370. The molecule has 0 aliphatic rings. The fourth-order valence-corrected chi connectivity index (χ4v) is 1.66. The molecule has 4 heteroatoms. The lowest BCUT2D eigenvalue weighted by Crippen LogP contribution is -2.13. The molecule has 1 N–H and O–H groups in total. The Morgan fingerprint density at radius 3 is 2.56 bits per heavy atom. The summed E-state index contributed by atoms with van der Waals surface area (Å²) in [7, 11) is 0.